The zero-order valence-electron chi connectivity index (χ0n) is 17.3. The fourth-order valence-corrected chi connectivity index (χ4v) is 4.89. The summed E-state index contributed by atoms with van der Waals surface area (Å²) in [5, 5.41) is 0. The molecule has 0 nitrogen and oxygen atoms in total. The fourth-order valence-electron chi connectivity index (χ4n) is 4.89. The number of hydrogen-bond donors (Lipinski definition) is 0. The maximum absolute atomic E-state index is 2.35. The van der Waals surface area contributed by atoms with Gasteiger partial charge in [0.1, 0.15) is 0 Å². The van der Waals surface area contributed by atoms with Crippen LogP contribution in [0.5, 0.6) is 0 Å². The molecular weight excluding hydrogens is 348 g/mol. The molecule has 0 heterocycles. The molecule has 29 heavy (non-hydrogen) atoms. The molecule has 0 aromatic heterocycles. The number of fused-ring (bicyclic) bond motifs is 3. The van der Waals surface area contributed by atoms with Gasteiger partial charge in [-0.3, -0.25) is 0 Å². The number of hydrogen-bond acceptors (Lipinski definition) is 0. The zero-order valence-corrected chi connectivity index (χ0v) is 17.3. The standard InChI is InChI=1S/C29H26/c1-21-14-16-23(17-15-21)29(22-9-8-19-28(2,3)20-18-22)26-12-6-4-10-24(26)25-11-5-7-13-27(25)29/h4-20H,1-3H3. The van der Waals surface area contributed by atoms with Gasteiger partial charge < -0.3 is 0 Å². The Balaban J connectivity index is 1.90. The van der Waals surface area contributed by atoms with E-state index in [1.165, 1.54) is 39.0 Å². The first-order valence-electron chi connectivity index (χ1n) is 10.4. The minimum Gasteiger partial charge on any atom is -0.0751 e. The summed E-state index contributed by atoms with van der Waals surface area (Å²) >= 11 is 0. The summed E-state index contributed by atoms with van der Waals surface area (Å²) in [7, 11) is 0. The van der Waals surface area contributed by atoms with Crippen molar-refractivity contribution < 1.29 is 0 Å². The Labute approximate surface area is 173 Å². The minimum absolute atomic E-state index is 0.0460. The van der Waals surface area contributed by atoms with E-state index in [-0.39, 0.29) is 10.8 Å². The van der Waals surface area contributed by atoms with Crippen LogP contribution in [0.2, 0.25) is 0 Å². The van der Waals surface area contributed by atoms with Gasteiger partial charge in [-0.05, 0) is 40.3 Å². The molecule has 0 fully saturated rings. The van der Waals surface area contributed by atoms with Crippen molar-refractivity contribution in [3.8, 4) is 11.1 Å². The van der Waals surface area contributed by atoms with Crippen molar-refractivity contribution in [1.82, 2.24) is 0 Å². The molecule has 142 valence electrons. The predicted octanol–water partition coefficient (Wildman–Crippen LogP) is 7.39. The van der Waals surface area contributed by atoms with Crippen LogP contribution < -0.4 is 0 Å². The highest BCUT2D eigenvalue weighted by molar-refractivity contribution is 5.86. The number of allylic oxidation sites excluding steroid dienone is 6. The lowest BCUT2D eigenvalue weighted by Crippen LogP contribution is -2.29. The van der Waals surface area contributed by atoms with Gasteiger partial charge in [0, 0.05) is 5.41 Å². The maximum Gasteiger partial charge on any atom is 0.0713 e. The molecule has 0 amide bonds. The van der Waals surface area contributed by atoms with Crippen LogP contribution in [0.1, 0.15) is 36.1 Å². The lowest BCUT2D eigenvalue weighted by molar-refractivity contribution is 0.625. The van der Waals surface area contributed by atoms with E-state index in [1.54, 1.807) is 0 Å². The summed E-state index contributed by atoms with van der Waals surface area (Å²) < 4.78 is 0. The third-order valence-corrected chi connectivity index (χ3v) is 6.36. The first-order valence-corrected chi connectivity index (χ1v) is 10.4. The van der Waals surface area contributed by atoms with Gasteiger partial charge in [0.2, 0.25) is 0 Å². The van der Waals surface area contributed by atoms with Crippen LogP contribution >= 0.6 is 0 Å². The van der Waals surface area contributed by atoms with Crippen molar-refractivity contribution in [1.29, 1.82) is 0 Å². The first kappa shape index (κ1) is 17.9. The highest BCUT2D eigenvalue weighted by atomic mass is 14.5. The van der Waals surface area contributed by atoms with Crippen LogP contribution in [-0.2, 0) is 5.41 Å². The van der Waals surface area contributed by atoms with Gasteiger partial charge in [0.25, 0.3) is 0 Å². The van der Waals surface area contributed by atoms with Gasteiger partial charge in [-0.1, -0.05) is 123 Å². The van der Waals surface area contributed by atoms with Crippen LogP contribution in [0.25, 0.3) is 11.1 Å². The van der Waals surface area contributed by atoms with Crippen molar-refractivity contribution in [3.63, 3.8) is 0 Å². The molecule has 0 N–H and O–H groups in total. The lowest BCUT2D eigenvalue weighted by atomic mass is 9.67. The van der Waals surface area contributed by atoms with E-state index in [2.05, 4.69) is 124 Å². The molecule has 0 heteroatoms. The molecule has 2 aliphatic rings. The number of aryl methyl sites for hydroxylation is 1. The molecule has 0 bridgehead atoms. The molecule has 0 unspecified atom stereocenters. The Morgan fingerprint density at radius 1 is 0.655 bits per heavy atom. The molecule has 0 radical (unpaired) electrons. The summed E-state index contributed by atoms with van der Waals surface area (Å²) in [5.74, 6) is 0. The number of rotatable bonds is 2. The van der Waals surface area contributed by atoms with E-state index in [1.807, 2.05) is 0 Å². The highest BCUT2D eigenvalue weighted by Crippen LogP contribution is 2.56. The third kappa shape index (κ3) is 2.67. The van der Waals surface area contributed by atoms with Crippen LogP contribution in [0, 0.1) is 12.3 Å². The Morgan fingerprint density at radius 3 is 1.86 bits per heavy atom. The molecule has 3 aromatic carbocycles. The average molecular weight is 375 g/mol. The predicted molar refractivity (Wildman–Crippen MR) is 123 cm³/mol. The van der Waals surface area contributed by atoms with Crippen LogP contribution in [-0.4, -0.2) is 0 Å². The fraction of sp³-hybridized carbons (Fsp3) is 0.172. The second-order valence-corrected chi connectivity index (χ2v) is 8.84. The number of benzene rings is 3. The molecule has 3 aromatic rings. The van der Waals surface area contributed by atoms with Gasteiger partial charge in [-0.2, -0.15) is 0 Å². The Morgan fingerprint density at radius 2 is 1.24 bits per heavy atom. The summed E-state index contributed by atoms with van der Waals surface area (Å²) in [6.45, 7) is 6.67. The van der Waals surface area contributed by atoms with E-state index in [0.29, 0.717) is 0 Å². The second kappa shape index (κ2) is 6.46. The van der Waals surface area contributed by atoms with Crippen molar-refractivity contribution in [2.75, 3.05) is 0 Å². The highest BCUT2D eigenvalue weighted by Gasteiger charge is 2.46. The molecule has 0 spiro atoms. The zero-order chi connectivity index (χ0) is 20.1. The molecule has 0 saturated carbocycles. The van der Waals surface area contributed by atoms with Gasteiger partial charge >= 0.3 is 0 Å². The first-order chi connectivity index (χ1) is 14.0. The topological polar surface area (TPSA) is 0 Å². The Hall–Kier alpha value is -3.12. The maximum atomic E-state index is 2.35. The van der Waals surface area contributed by atoms with Gasteiger partial charge in [0.05, 0.1) is 5.41 Å². The quantitative estimate of drug-likeness (QED) is 0.439. The molecule has 2 aliphatic carbocycles. The van der Waals surface area contributed by atoms with E-state index >= 15 is 0 Å². The molecule has 5 rings (SSSR count). The third-order valence-electron chi connectivity index (χ3n) is 6.36. The SMILES string of the molecule is Cc1ccc(C2(C3=CC=CC(C)(C)C=C3)c3ccccc3-c3ccccc32)cc1. The summed E-state index contributed by atoms with van der Waals surface area (Å²) in [6, 6.07) is 26.9. The van der Waals surface area contributed by atoms with Crippen LogP contribution in [0.15, 0.2) is 109 Å². The van der Waals surface area contributed by atoms with E-state index in [9.17, 15) is 0 Å². The van der Waals surface area contributed by atoms with E-state index in [4.69, 9.17) is 0 Å². The Kier molecular flexibility index (Phi) is 3.99. The lowest BCUT2D eigenvalue weighted by Gasteiger charge is -2.34. The van der Waals surface area contributed by atoms with Gasteiger partial charge in [-0.25, -0.2) is 0 Å². The minimum atomic E-state index is -0.303. The normalized spacial score (nSPS) is 18.0. The smallest absolute Gasteiger partial charge is 0.0713 e. The van der Waals surface area contributed by atoms with Crippen LogP contribution in [0.4, 0.5) is 0 Å². The summed E-state index contributed by atoms with van der Waals surface area (Å²) in [6.07, 6.45) is 11.5. The van der Waals surface area contributed by atoms with Crippen molar-refractivity contribution in [3.05, 3.63) is 131 Å². The molecule has 0 atom stereocenters. The largest absolute Gasteiger partial charge is 0.0751 e. The monoisotopic (exact) mass is 374 g/mol. The molecular formula is C29H26. The van der Waals surface area contributed by atoms with Crippen LogP contribution in [0.3, 0.4) is 0 Å². The van der Waals surface area contributed by atoms with Crippen molar-refractivity contribution in [2.45, 2.75) is 26.2 Å². The van der Waals surface area contributed by atoms with Crippen molar-refractivity contribution >= 4 is 0 Å². The van der Waals surface area contributed by atoms with E-state index < -0.39 is 0 Å². The Bertz CT molecular complexity index is 1120. The van der Waals surface area contributed by atoms with Gasteiger partial charge in [0.15, 0.2) is 0 Å². The van der Waals surface area contributed by atoms with Crippen molar-refractivity contribution in [2.24, 2.45) is 5.41 Å². The molecule has 0 saturated heterocycles. The van der Waals surface area contributed by atoms with Gasteiger partial charge in [-0.15, -0.1) is 0 Å². The summed E-state index contributed by atoms with van der Waals surface area (Å²) in [5.41, 5.74) is 9.09. The van der Waals surface area contributed by atoms with E-state index in [0.717, 1.165) is 0 Å². The second-order valence-electron chi connectivity index (χ2n) is 8.84. The summed E-state index contributed by atoms with van der Waals surface area (Å²) in [4.78, 5) is 0. The molecule has 0 aliphatic heterocycles. The average Bonchev–Trinajstić information content (AvgIpc) is 2.90.